The van der Waals surface area contributed by atoms with Gasteiger partial charge in [0.15, 0.2) is 0 Å². The Morgan fingerprint density at radius 1 is 0.962 bits per heavy atom. The Labute approximate surface area is 152 Å². The lowest BCUT2D eigenvalue weighted by Crippen LogP contribution is -2.38. The topological polar surface area (TPSA) is 74.2 Å². The van der Waals surface area contributed by atoms with Gasteiger partial charge in [-0.15, -0.1) is 0 Å². The Morgan fingerprint density at radius 3 is 2.38 bits per heavy atom. The van der Waals surface area contributed by atoms with Crippen molar-refractivity contribution in [3.05, 3.63) is 90.3 Å². The van der Waals surface area contributed by atoms with Gasteiger partial charge in [0.1, 0.15) is 0 Å². The van der Waals surface area contributed by atoms with E-state index in [0.29, 0.717) is 6.54 Å². The van der Waals surface area contributed by atoms with E-state index in [1.165, 1.54) is 0 Å². The molecule has 1 aromatic heterocycles. The fourth-order valence-corrected chi connectivity index (χ4v) is 2.66. The van der Waals surface area contributed by atoms with Gasteiger partial charge in [0.25, 0.3) is 0 Å². The Morgan fingerprint density at radius 2 is 1.73 bits per heavy atom. The van der Waals surface area contributed by atoms with Crippen LogP contribution in [0.2, 0.25) is 0 Å². The van der Waals surface area contributed by atoms with E-state index in [1.807, 2.05) is 72.9 Å². The standard InChI is InChI=1S/C21H21N3O2/c25-15-20(18-5-2-1-3-6-18)24-21(26)23-13-16-8-10-17(11-9-16)19-7-4-12-22-14-19/h1-12,14,20,25H,13,15H2,(H2,23,24,26). The van der Waals surface area contributed by atoms with Gasteiger partial charge >= 0.3 is 6.03 Å². The molecule has 2 aromatic carbocycles. The number of rotatable bonds is 6. The van der Waals surface area contributed by atoms with Crippen molar-refractivity contribution in [3.8, 4) is 11.1 Å². The lowest BCUT2D eigenvalue weighted by Gasteiger charge is -2.17. The number of nitrogens with zero attached hydrogens (tertiary/aromatic N) is 1. The molecule has 1 heterocycles. The smallest absolute Gasteiger partial charge is 0.315 e. The van der Waals surface area contributed by atoms with E-state index in [0.717, 1.165) is 22.3 Å². The Hall–Kier alpha value is -3.18. The number of urea groups is 1. The minimum Gasteiger partial charge on any atom is -0.394 e. The summed E-state index contributed by atoms with van der Waals surface area (Å²) in [6.07, 6.45) is 3.56. The zero-order valence-electron chi connectivity index (χ0n) is 14.3. The summed E-state index contributed by atoms with van der Waals surface area (Å²) < 4.78 is 0. The third-order valence-corrected chi connectivity index (χ3v) is 4.09. The van der Waals surface area contributed by atoms with Crippen molar-refractivity contribution in [1.82, 2.24) is 15.6 Å². The van der Waals surface area contributed by atoms with E-state index < -0.39 is 6.04 Å². The van der Waals surface area contributed by atoms with Crippen LogP contribution in [0.1, 0.15) is 17.2 Å². The first-order chi connectivity index (χ1) is 12.8. The Bertz CT molecular complexity index is 821. The van der Waals surface area contributed by atoms with Gasteiger partial charge in [-0.3, -0.25) is 4.98 Å². The van der Waals surface area contributed by atoms with E-state index in [9.17, 15) is 9.90 Å². The van der Waals surface area contributed by atoms with Gasteiger partial charge in [0.05, 0.1) is 12.6 Å². The molecule has 2 amide bonds. The van der Waals surface area contributed by atoms with Crippen LogP contribution < -0.4 is 10.6 Å². The first-order valence-electron chi connectivity index (χ1n) is 8.46. The second-order valence-electron chi connectivity index (χ2n) is 5.91. The van der Waals surface area contributed by atoms with Crippen LogP contribution >= 0.6 is 0 Å². The quantitative estimate of drug-likeness (QED) is 0.641. The highest BCUT2D eigenvalue weighted by atomic mass is 16.3. The largest absolute Gasteiger partial charge is 0.394 e. The summed E-state index contributed by atoms with van der Waals surface area (Å²) in [4.78, 5) is 16.2. The van der Waals surface area contributed by atoms with Crippen LogP contribution in [0, 0.1) is 0 Å². The van der Waals surface area contributed by atoms with Crippen LogP contribution in [-0.4, -0.2) is 22.7 Å². The summed E-state index contributed by atoms with van der Waals surface area (Å²) in [6.45, 7) is 0.253. The minimum absolute atomic E-state index is 0.156. The third kappa shape index (κ3) is 4.68. The van der Waals surface area contributed by atoms with Gasteiger partial charge in [-0.1, -0.05) is 60.7 Å². The molecule has 0 bridgehead atoms. The van der Waals surface area contributed by atoms with Crippen molar-refractivity contribution >= 4 is 6.03 Å². The molecular weight excluding hydrogens is 326 g/mol. The fraction of sp³-hybridized carbons (Fsp3) is 0.143. The molecule has 0 aliphatic rings. The number of pyridine rings is 1. The van der Waals surface area contributed by atoms with Crippen molar-refractivity contribution in [2.45, 2.75) is 12.6 Å². The van der Waals surface area contributed by atoms with Crippen LogP contribution in [0.3, 0.4) is 0 Å². The number of aromatic nitrogens is 1. The Balaban J connectivity index is 1.54. The number of amides is 2. The zero-order chi connectivity index (χ0) is 18.2. The monoisotopic (exact) mass is 347 g/mol. The van der Waals surface area contributed by atoms with Crippen LogP contribution in [0.4, 0.5) is 4.79 Å². The molecule has 3 aromatic rings. The molecular formula is C21H21N3O2. The van der Waals surface area contributed by atoms with Crippen LogP contribution in [-0.2, 0) is 6.54 Å². The fourth-order valence-electron chi connectivity index (χ4n) is 2.66. The lowest BCUT2D eigenvalue weighted by molar-refractivity contribution is 0.216. The molecule has 0 aliphatic carbocycles. The van der Waals surface area contributed by atoms with E-state index in [4.69, 9.17) is 0 Å². The average molecular weight is 347 g/mol. The molecule has 0 radical (unpaired) electrons. The number of hydrogen-bond acceptors (Lipinski definition) is 3. The SMILES string of the molecule is O=C(NCc1ccc(-c2cccnc2)cc1)NC(CO)c1ccccc1. The molecule has 0 fully saturated rings. The molecule has 1 atom stereocenters. The molecule has 1 unspecified atom stereocenters. The number of aliphatic hydroxyl groups is 1. The maximum atomic E-state index is 12.1. The van der Waals surface area contributed by atoms with Crippen LogP contribution in [0.5, 0.6) is 0 Å². The molecule has 0 spiro atoms. The zero-order valence-corrected chi connectivity index (χ0v) is 14.3. The first-order valence-corrected chi connectivity index (χ1v) is 8.46. The number of benzene rings is 2. The van der Waals surface area contributed by atoms with Crippen LogP contribution in [0.25, 0.3) is 11.1 Å². The maximum absolute atomic E-state index is 12.1. The second kappa shape index (κ2) is 8.78. The molecule has 5 heteroatoms. The molecule has 0 aliphatic heterocycles. The van der Waals surface area contributed by atoms with Gasteiger partial charge in [0.2, 0.25) is 0 Å². The highest BCUT2D eigenvalue weighted by Crippen LogP contribution is 2.18. The van der Waals surface area contributed by atoms with Gasteiger partial charge < -0.3 is 15.7 Å². The van der Waals surface area contributed by atoms with Crippen molar-refractivity contribution in [2.75, 3.05) is 6.61 Å². The number of carbonyl (C=O) groups excluding carboxylic acids is 1. The lowest BCUT2D eigenvalue weighted by atomic mass is 10.1. The van der Waals surface area contributed by atoms with Crippen molar-refractivity contribution < 1.29 is 9.90 Å². The van der Waals surface area contributed by atoms with Gasteiger partial charge in [-0.25, -0.2) is 4.79 Å². The molecule has 5 nitrogen and oxygen atoms in total. The molecule has 3 N–H and O–H groups in total. The number of aliphatic hydroxyl groups excluding tert-OH is 1. The van der Waals surface area contributed by atoms with Crippen molar-refractivity contribution in [2.24, 2.45) is 0 Å². The van der Waals surface area contributed by atoms with E-state index in [-0.39, 0.29) is 12.6 Å². The van der Waals surface area contributed by atoms with Gasteiger partial charge in [-0.2, -0.15) is 0 Å². The highest BCUT2D eigenvalue weighted by Gasteiger charge is 2.12. The summed E-state index contributed by atoms with van der Waals surface area (Å²) in [7, 11) is 0. The van der Waals surface area contributed by atoms with Gasteiger partial charge in [0, 0.05) is 18.9 Å². The Kier molecular flexibility index (Phi) is 5.96. The minimum atomic E-state index is -0.427. The molecule has 26 heavy (non-hydrogen) atoms. The summed E-state index contributed by atoms with van der Waals surface area (Å²) in [5, 5.41) is 15.1. The normalized spacial score (nSPS) is 11.6. The molecule has 3 rings (SSSR count). The predicted molar refractivity (Wildman–Crippen MR) is 101 cm³/mol. The number of hydrogen-bond donors (Lipinski definition) is 3. The summed E-state index contributed by atoms with van der Waals surface area (Å²) in [6, 6.07) is 20.5. The summed E-state index contributed by atoms with van der Waals surface area (Å²) in [5.41, 5.74) is 3.99. The number of carbonyl (C=O) groups is 1. The number of nitrogens with one attached hydrogen (secondary N) is 2. The van der Waals surface area contributed by atoms with E-state index in [1.54, 1.807) is 6.20 Å². The van der Waals surface area contributed by atoms with Gasteiger partial charge in [-0.05, 0) is 28.3 Å². The predicted octanol–water partition coefficient (Wildman–Crippen LogP) is 3.28. The van der Waals surface area contributed by atoms with Crippen molar-refractivity contribution in [3.63, 3.8) is 0 Å². The molecule has 0 saturated carbocycles. The van der Waals surface area contributed by atoms with E-state index >= 15 is 0 Å². The maximum Gasteiger partial charge on any atom is 0.315 e. The van der Waals surface area contributed by atoms with E-state index in [2.05, 4.69) is 15.6 Å². The molecule has 0 saturated heterocycles. The second-order valence-corrected chi connectivity index (χ2v) is 5.91. The average Bonchev–Trinajstić information content (AvgIpc) is 2.72. The third-order valence-electron chi connectivity index (χ3n) is 4.09. The highest BCUT2D eigenvalue weighted by molar-refractivity contribution is 5.74. The summed E-state index contributed by atoms with van der Waals surface area (Å²) in [5.74, 6) is 0. The summed E-state index contributed by atoms with van der Waals surface area (Å²) >= 11 is 0. The first kappa shape index (κ1) is 17.6. The van der Waals surface area contributed by atoms with Crippen molar-refractivity contribution in [1.29, 1.82) is 0 Å². The molecule has 132 valence electrons. The van der Waals surface area contributed by atoms with Crippen LogP contribution in [0.15, 0.2) is 79.1 Å².